The van der Waals surface area contributed by atoms with Crippen molar-refractivity contribution in [1.29, 1.82) is 0 Å². The molecule has 1 atom stereocenters. The van der Waals surface area contributed by atoms with E-state index in [-0.39, 0.29) is 11.9 Å². The summed E-state index contributed by atoms with van der Waals surface area (Å²) in [6, 6.07) is 15.6. The fraction of sp³-hybridized carbons (Fsp3) is 0.111. The number of aromatic nitrogens is 2. The second kappa shape index (κ2) is 7.79. The third kappa shape index (κ3) is 4.25. The molecule has 1 aromatic heterocycles. The van der Waals surface area contributed by atoms with Gasteiger partial charge in [0.15, 0.2) is 0 Å². The normalized spacial score (nSPS) is 11.6. The number of hydrogen-bond donors (Lipinski definition) is 2. The van der Waals surface area contributed by atoms with Crippen molar-refractivity contribution in [3.8, 4) is 11.5 Å². The summed E-state index contributed by atoms with van der Waals surface area (Å²) in [4.78, 5) is 23.8. The third-order valence-electron chi connectivity index (χ3n) is 3.44. The molecule has 0 aliphatic carbocycles. The lowest BCUT2D eigenvalue weighted by Gasteiger charge is -2.07. The molecule has 2 aromatic carbocycles. The molecule has 0 fully saturated rings. The van der Waals surface area contributed by atoms with E-state index in [2.05, 4.69) is 20.8 Å². The van der Waals surface area contributed by atoms with Crippen molar-refractivity contribution in [3.05, 3.63) is 60.2 Å². The van der Waals surface area contributed by atoms with Crippen LogP contribution in [0.3, 0.4) is 0 Å². The zero-order valence-electron chi connectivity index (χ0n) is 13.8. The zero-order chi connectivity index (χ0) is 18.5. The third-order valence-corrected chi connectivity index (χ3v) is 3.64. The Morgan fingerprint density at radius 2 is 1.69 bits per heavy atom. The average Bonchev–Trinajstić information content (AvgIpc) is 3.11. The van der Waals surface area contributed by atoms with Crippen molar-refractivity contribution in [1.82, 2.24) is 10.2 Å². The van der Waals surface area contributed by atoms with Crippen LogP contribution in [-0.4, -0.2) is 27.4 Å². The van der Waals surface area contributed by atoms with Crippen LogP contribution in [0.4, 0.5) is 11.7 Å². The van der Waals surface area contributed by atoms with Crippen molar-refractivity contribution in [2.24, 2.45) is 0 Å². The molecule has 1 heterocycles. The Morgan fingerprint density at radius 1 is 1.00 bits per heavy atom. The molecule has 0 saturated heterocycles. The number of nitrogens with one attached hydrogen (secondary N) is 2. The maximum Gasteiger partial charge on any atom is 0.322 e. The molecule has 132 valence electrons. The Balaban J connectivity index is 1.65. The van der Waals surface area contributed by atoms with E-state index in [1.807, 2.05) is 30.3 Å². The largest absolute Gasteiger partial charge is 0.403 e. The fourth-order valence-electron chi connectivity index (χ4n) is 2.09. The second-order valence-electron chi connectivity index (χ2n) is 5.42. The van der Waals surface area contributed by atoms with E-state index in [4.69, 9.17) is 16.0 Å². The van der Waals surface area contributed by atoms with Crippen LogP contribution in [0.15, 0.2) is 59.0 Å². The molecule has 0 unspecified atom stereocenters. The summed E-state index contributed by atoms with van der Waals surface area (Å²) in [6.07, 6.45) is 0. The molecule has 0 aliphatic rings. The summed E-state index contributed by atoms with van der Waals surface area (Å²) in [5, 5.41) is 12.2. The highest BCUT2D eigenvalue weighted by Gasteiger charge is 2.13. The van der Waals surface area contributed by atoms with Crippen molar-refractivity contribution in [3.63, 3.8) is 0 Å². The number of carbonyl (C=O) groups excluding carboxylic acids is 2. The first-order valence-electron chi connectivity index (χ1n) is 7.78. The van der Waals surface area contributed by atoms with E-state index >= 15 is 0 Å². The zero-order valence-corrected chi connectivity index (χ0v) is 14.5. The molecule has 7 nitrogen and oxygen atoms in total. The minimum atomic E-state index is -0.644. The summed E-state index contributed by atoms with van der Waals surface area (Å²) in [5.41, 5.74) is 1.68. The molecule has 2 amide bonds. The molecule has 8 heteroatoms. The smallest absolute Gasteiger partial charge is 0.322 e. The minimum absolute atomic E-state index is 0.00203. The standard InChI is InChI=1S/C18H15ClN4O3/c1-11(19)15(24)20-14-9-7-12(8-10-14)16(25)21-18-23-22-17(26-18)13-5-3-2-4-6-13/h2-11H,1H3,(H,20,24)(H,21,23,25)/t11-/m0/s1. The Kier molecular flexibility index (Phi) is 5.28. The van der Waals surface area contributed by atoms with E-state index in [0.717, 1.165) is 5.56 Å². The summed E-state index contributed by atoms with van der Waals surface area (Å²) in [6.45, 7) is 1.58. The number of rotatable bonds is 5. The molecule has 3 rings (SSSR count). The first-order valence-corrected chi connectivity index (χ1v) is 8.22. The molecular formula is C18H15ClN4O3. The van der Waals surface area contributed by atoms with E-state index in [1.54, 1.807) is 31.2 Å². The molecule has 0 aliphatic heterocycles. The predicted octanol–water partition coefficient (Wildman–Crippen LogP) is 3.55. The number of benzene rings is 2. The van der Waals surface area contributed by atoms with Gasteiger partial charge in [0, 0.05) is 16.8 Å². The van der Waals surface area contributed by atoms with Gasteiger partial charge in [-0.25, -0.2) is 0 Å². The topological polar surface area (TPSA) is 97.1 Å². The highest BCUT2D eigenvalue weighted by Crippen LogP contribution is 2.19. The van der Waals surface area contributed by atoms with Crippen molar-refractivity contribution >= 4 is 35.1 Å². The molecule has 2 N–H and O–H groups in total. The fourth-order valence-corrected chi connectivity index (χ4v) is 2.14. The van der Waals surface area contributed by atoms with Crippen LogP contribution in [0.2, 0.25) is 0 Å². The van der Waals surface area contributed by atoms with Gasteiger partial charge in [0.1, 0.15) is 5.38 Å². The summed E-state index contributed by atoms with van der Waals surface area (Å²) in [5.74, 6) is -0.408. The molecule has 0 radical (unpaired) electrons. The van der Waals surface area contributed by atoms with Crippen LogP contribution in [0.25, 0.3) is 11.5 Å². The first kappa shape index (κ1) is 17.6. The van der Waals surface area contributed by atoms with Gasteiger partial charge in [-0.05, 0) is 43.3 Å². The van der Waals surface area contributed by atoms with E-state index in [0.29, 0.717) is 17.1 Å². The van der Waals surface area contributed by atoms with Crippen LogP contribution < -0.4 is 10.6 Å². The van der Waals surface area contributed by atoms with E-state index < -0.39 is 11.3 Å². The number of hydrogen-bond acceptors (Lipinski definition) is 5. The SMILES string of the molecule is C[C@H](Cl)C(=O)Nc1ccc(C(=O)Nc2nnc(-c3ccccc3)o2)cc1. The minimum Gasteiger partial charge on any atom is -0.403 e. The van der Waals surface area contributed by atoms with Crippen LogP contribution in [0.1, 0.15) is 17.3 Å². The average molecular weight is 371 g/mol. The number of amides is 2. The van der Waals surface area contributed by atoms with Gasteiger partial charge in [-0.15, -0.1) is 16.7 Å². The van der Waals surface area contributed by atoms with Gasteiger partial charge >= 0.3 is 6.01 Å². The Bertz CT molecular complexity index is 908. The highest BCUT2D eigenvalue weighted by atomic mass is 35.5. The van der Waals surface area contributed by atoms with Gasteiger partial charge in [-0.1, -0.05) is 23.3 Å². The Hall–Kier alpha value is -3.19. The maximum atomic E-state index is 12.3. The highest BCUT2D eigenvalue weighted by molar-refractivity contribution is 6.32. The van der Waals surface area contributed by atoms with E-state index in [1.165, 1.54) is 0 Å². The molecule has 3 aromatic rings. The predicted molar refractivity (Wildman–Crippen MR) is 98.1 cm³/mol. The van der Waals surface area contributed by atoms with Gasteiger partial charge in [0.2, 0.25) is 11.8 Å². The Morgan fingerprint density at radius 3 is 2.35 bits per heavy atom. The maximum absolute atomic E-state index is 12.3. The van der Waals surface area contributed by atoms with Gasteiger partial charge < -0.3 is 9.73 Å². The number of halogens is 1. The first-order chi connectivity index (χ1) is 12.5. The van der Waals surface area contributed by atoms with Crippen LogP contribution >= 0.6 is 11.6 Å². The van der Waals surface area contributed by atoms with Gasteiger partial charge in [0.05, 0.1) is 0 Å². The van der Waals surface area contributed by atoms with Crippen molar-refractivity contribution in [2.45, 2.75) is 12.3 Å². The molecule has 0 bridgehead atoms. The summed E-state index contributed by atoms with van der Waals surface area (Å²) >= 11 is 5.70. The number of nitrogens with zero attached hydrogens (tertiary/aromatic N) is 2. The monoisotopic (exact) mass is 370 g/mol. The molecule has 0 saturated carbocycles. The lowest BCUT2D eigenvalue weighted by molar-refractivity contribution is -0.115. The van der Waals surface area contributed by atoms with E-state index in [9.17, 15) is 9.59 Å². The number of carbonyl (C=O) groups is 2. The lowest BCUT2D eigenvalue weighted by Crippen LogP contribution is -2.20. The van der Waals surface area contributed by atoms with Crippen LogP contribution in [0, 0.1) is 0 Å². The number of anilines is 2. The van der Waals surface area contributed by atoms with Crippen molar-refractivity contribution in [2.75, 3.05) is 10.6 Å². The number of alkyl halides is 1. The van der Waals surface area contributed by atoms with Crippen molar-refractivity contribution < 1.29 is 14.0 Å². The lowest BCUT2D eigenvalue weighted by atomic mass is 10.2. The van der Waals surface area contributed by atoms with Gasteiger partial charge in [-0.2, -0.15) is 0 Å². The molecule has 0 spiro atoms. The Labute approximate surface area is 154 Å². The summed E-state index contributed by atoms with van der Waals surface area (Å²) in [7, 11) is 0. The van der Waals surface area contributed by atoms with Crippen LogP contribution in [-0.2, 0) is 4.79 Å². The van der Waals surface area contributed by atoms with Gasteiger partial charge in [-0.3, -0.25) is 14.9 Å². The summed E-state index contributed by atoms with van der Waals surface area (Å²) < 4.78 is 5.44. The van der Waals surface area contributed by atoms with Gasteiger partial charge in [0.25, 0.3) is 5.91 Å². The van der Waals surface area contributed by atoms with Crippen LogP contribution in [0.5, 0.6) is 0 Å². The quantitative estimate of drug-likeness (QED) is 0.669. The molecule has 26 heavy (non-hydrogen) atoms. The second-order valence-corrected chi connectivity index (χ2v) is 6.07. The molecular weight excluding hydrogens is 356 g/mol.